The molecular formula is C27H20FNO5. The fourth-order valence-corrected chi connectivity index (χ4v) is 4.17. The second-order valence-electron chi connectivity index (χ2n) is 7.76. The van der Waals surface area contributed by atoms with Crippen LogP contribution in [0.3, 0.4) is 0 Å². The van der Waals surface area contributed by atoms with E-state index in [2.05, 4.69) is 6.58 Å². The highest BCUT2D eigenvalue weighted by Gasteiger charge is 2.43. The second kappa shape index (κ2) is 8.51. The van der Waals surface area contributed by atoms with Crippen LogP contribution >= 0.6 is 0 Å². The Balaban J connectivity index is 1.71. The van der Waals surface area contributed by atoms with Crippen molar-refractivity contribution in [3.05, 3.63) is 112 Å². The molecule has 34 heavy (non-hydrogen) atoms. The maximum atomic E-state index is 13.9. The number of rotatable bonds is 6. The number of nitrogens with zero attached hydrogens (tertiary/aromatic N) is 1. The van der Waals surface area contributed by atoms with Gasteiger partial charge in [0.15, 0.2) is 5.43 Å². The summed E-state index contributed by atoms with van der Waals surface area (Å²) >= 11 is 0. The van der Waals surface area contributed by atoms with E-state index in [4.69, 9.17) is 13.9 Å². The van der Waals surface area contributed by atoms with Gasteiger partial charge in [0.25, 0.3) is 5.91 Å². The van der Waals surface area contributed by atoms with Crippen LogP contribution in [-0.4, -0.2) is 19.6 Å². The van der Waals surface area contributed by atoms with E-state index >= 15 is 0 Å². The van der Waals surface area contributed by atoms with Crippen LogP contribution in [0.2, 0.25) is 0 Å². The molecule has 0 spiro atoms. The number of benzene rings is 3. The van der Waals surface area contributed by atoms with Crippen LogP contribution in [0.4, 0.5) is 10.1 Å². The molecule has 1 aliphatic rings. The smallest absolute Gasteiger partial charge is 0.295 e. The summed E-state index contributed by atoms with van der Waals surface area (Å²) in [5, 5.41) is 0.0825. The van der Waals surface area contributed by atoms with E-state index < -0.39 is 23.2 Å². The molecule has 0 saturated carbocycles. The zero-order valence-corrected chi connectivity index (χ0v) is 18.3. The molecule has 1 amide bonds. The molecule has 0 radical (unpaired) electrons. The first-order chi connectivity index (χ1) is 16.5. The third kappa shape index (κ3) is 3.51. The Bertz CT molecular complexity index is 1460. The van der Waals surface area contributed by atoms with Crippen molar-refractivity contribution in [2.24, 2.45) is 0 Å². The largest absolute Gasteiger partial charge is 0.497 e. The van der Waals surface area contributed by atoms with Crippen molar-refractivity contribution < 1.29 is 23.1 Å². The van der Waals surface area contributed by atoms with E-state index in [-0.39, 0.29) is 22.3 Å². The maximum absolute atomic E-state index is 13.9. The molecule has 3 aromatic carbocycles. The third-order valence-corrected chi connectivity index (χ3v) is 5.75. The highest BCUT2D eigenvalue weighted by atomic mass is 19.1. The normalized spacial score (nSPS) is 14.8. The van der Waals surface area contributed by atoms with Crippen LogP contribution in [0.15, 0.2) is 88.6 Å². The summed E-state index contributed by atoms with van der Waals surface area (Å²) in [7, 11) is 1.55. The molecular weight excluding hydrogens is 437 g/mol. The molecule has 4 aromatic rings. The molecule has 0 fully saturated rings. The van der Waals surface area contributed by atoms with E-state index in [9.17, 15) is 14.0 Å². The Morgan fingerprint density at radius 3 is 2.41 bits per heavy atom. The second-order valence-corrected chi connectivity index (χ2v) is 7.76. The Hall–Kier alpha value is -4.39. The van der Waals surface area contributed by atoms with Crippen LogP contribution in [-0.2, 0) is 0 Å². The fourth-order valence-electron chi connectivity index (χ4n) is 4.17. The average molecular weight is 457 g/mol. The van der Waals surface area contributed by atoms with Gasteiger partial charge in [0.05, 0.1) is 24.1 Å². The van der Waals surface area contributed by atoms with Crippen molar-refractivity contribution in [2.45, 2.75) is 6.04 Å². The van der Waals surface area contributed by atoms with Crippen LogP contribution in [0.5, 0.6) is 11.5 Å². The molecule has 7 heteroatoms. The van der Waals surface area contributed by atoms with Crippen LogP contribution in [0.1, 0.15) is 27.7 Å². The Labute approximate surface area is 194 Å². The number of halogens is 1. The summed E-state index contributed by atoms with van der Waals surface area (Å²) < 4.78 is 30.6. The van der Waals surface area contributed by atoms with Crippen LogP contribution in [0, 0.1) is 5.82 Å². The molecule has 2 heterocycles. The average Bonchev–Trinajstić information content (AvgIpc) is 3.16. The van der Waals surface area contributed by atoms with Crippen molar-refractivity contribution in [1.29, 1.82) is 0 Å². The van der Waals surface area contributed by atoms with E-state index in [0.717, 1.165) is 6.07 Å². The molecule has 0 aliphatic carbocycles. The predicted molar refractivity (Wildman–Crippen MR) is 126 cm³/mol. The van der Waals surface area contributed by atoms with Gasteiger partial charge in [-0.15, -0.1) is 0 Å². The standard InChI is InChI=1S/C27H20FNO5/c1-3-14-33-20-9-4-16(5-10-20)24-23-25(30)21-15-17(28)6-13-22(21)34-26(23)27(31)29(24)18-7-11-19(32-2)12-8-18/h3-13,15,24H,1,14H2,2H3. The molecule has 0 N–H and O–H groups in total. The third-order valence-electron chi connectivity index (χ3n) is 5.75. The lowest BCUT2D eigenvalue weighted by Gasteiger charge is -2.25. The molecule has 1 aromatic heterocycles. The van der Waals surface area contributed by atoms with Gasteiger partial charge in [-0.2, -0.15) is 0 Å². The van der Waals surface area contributed by atoms with Gasteiger partial charge in [0.2, 0.25) is 5.76 Å². The molecule has 5 rings (SSSR count). The van der Waals surface area contributed by atoms with E-state index in [1.54, 1.807) is 61.7 Å². The van der Waals surface area contributed by atoms with E-state index in [1.165, 1.54) is 17.0 Å². The Kier molecular flexibility index (Phi) is 5.37. The SMILES string of the molecule is C=CCOc1ccc(C2c3c(oc4ccc(F)cc4c3=O)C(=O)N2c2ccc(OC)cc2)cc1. The molecule has 0 bridgehead atoms. The lowest BCUT2D eigenvalue weighted by Crippen LogP contribution is -2.29. The van der Waals surface area contributed by atoms with E-state index in [1.807, 2.05) is 0 Å². The van der Waals surface area contributed by atoms with Crippen molar-refractivity contribution in [2.75, 3.05) is 18.6 Å². The van der Waals surface area contributed by atoms with Gasteiger partial charge in [-0.3, -0.25) is 14.5 Å². The highest BCUT2D eigenvalue weighted by Crippen LogP contribution is 2.41. The lowest BCUT2D eigenvalue weighted by molar-refractivity contribution is 0.0971. The van der Waals surface area contributed by atoms with Gasteiger partial charge >= 0.3 is 0 Å². The van der Waals surface area contributed by atoms with Gasteiger partial charge in [-0.1, -0.05) is 24.8 Å². The number of ether oxygens (including phenoxy) is 2. The van der Waals surface area contributed by atoms with E-state index in [0.29, 0.717) is 29.4 Å². The van der Waals surface area contributed by atoms with Gasteiger partial charge in [0, 0.05) is 5.69 Å². The van der Waals surface area contributed by atoms with Gasteiger partial charge in [0.1, 0.15) is 29.5 Å². The predicted octanol–water partition coefficient (Wildman–Crippen LogP) is 5.26. The fraction of sp³-hybridized carbons (Fsp3) is 0.111. The number of carbonyl (C=O) groups excluding carboxylic acids is 1. The van der Waals surface area contributed by atoms with Gasteiger partial charge < -0.3 is 13.9 Å². The summed E-state index contributed by atoms with van der Waals surface area (Å²) in [4.78, 5) is 28.6. The number of hydrogen-bond donors (Lipinski definition) is 0. The summed E-state index contributed by atoms with van der Waals surface area (Å²) in [5.74, 6) is 0.175. The minimum atomic E-state index is -0.770. The minimum Gasteiger partial charge on any atom is -0.497 e. The quantitative estimate of drug-likeness (QED) is 0.370. The molecule has 6 nitrogen and oxygen atoms in total. The first kappa shape index (κ1) is 21.5. The zero-order valence-electron chi connectivity index (χ0n) is 18.3. The topological polar surface area (TPSA) is 69.0 Å². The van der Waals surface area contributed by atoms with Crippen LogP contribution in [0.25, 0.3) is 11.0 Å². The molecule has 170 valence electrons. The maximum Gasteiger partial charge on any atom is 0.295 e. The molecule has 1 unspecified atom stereocenters. The van der Waals surface area contributed by atoms with Crippen molar-refractivity contribution in [3.63, 3.8) is 0 Å². The summed E-state index contributed by atoms with van der Waals surface area (Å²) in [6.45, 7) is 3.99. The minimum absolute atomic E-state index is 0.0584. The lowest BCUT2D eigenvalue weighted by atomic mass is 9.98. The number of anilines is 1. The molecule has 1 aliphatic heterocycles. The number of amides is 1. The first-order valence-electron chi connectivity index (χ1n) is 10.6. The summed E-state index contributed by atoms with van der Waals surface area (Å²) in [5.41, 5.74) is 1.11. The first-order valence-corrected chi connectivity index (χ1v) is 10.6. The number of methoxy groups -OCH3 is 1. The summed E-state index contributed by atoms with van der Waals surface area (Å²) in [6.07, 6.45) is 1.64. The summed E-state index contributed by atoms with van der Waals surface area (Å²) in [6, 6.07) is 16.9. The number of carbonyl (C=O) groups is 1. The van der Waals surface area contributed by atoms with Crippen molar-refractivity contribution in [1.82, 2.24) is 0 Å². The zero-order chi connectivity index (χ0) is 23.8. The van der Waals surface area contributed by atoms with Crippen molar-refractivity contribution in [3.8, 4) is 11.5 Å². The highest BCUT2D eigenvalue weighted by molar-refractivity contribution is 6.10. The number of hydrogen-bond acceptors (Lipinski definition) is 5. The Morgan fingerprint density at radius 1 is 1.03 bits per heavy atom. The molecule has 1 atom stereocenters. The molecule has 0 saturated heterocycles. The number of fused-ring (bicyclic) bond motifs is 2. The van der Waals surface area contributed by atoms with Gasteiger partial charge in [-0.05, 0) is 60.2 Å². The Morgan fingerprint density at radius 2 is 1.74 bits per heavy atom. The monoisotopic (exact) mass is 457 g/mol. The van der Waals surface area contributed by atoms with Crippen LogP contribution < -0.4 is 19.8 Å². The van der Waals surface area contributed by atoms with Gasteiger partial charge in [-0.25, -0.2) is 4.39 Å². The van der Waals surface area contributed by atoms with Crippen molar-refractivity contribution >= 4 is 22.6 Å².